The van der Waals surface area contributed by atoms with Crippen molar-refractivity contribution in [2.75, 3.05) is 13.1 Å². The summed E-state index contributed by atoms with van der Waals surface area (Å²) in [6, 6.07) is 1.97. The third-order valence-electron chi connectivity index (χ3n) is 4.68. The fourth-order valence-electron chi connectivity index (χ4n) is 3.43. The average molecular weight is 301 g/mol. The summed E-state index contributed by atoms with van der Waals surface area (Å²) in [5, 5.41) is 5.05. The predicted octanol–water partition coefficient (Wildman–Crippen LogP) is 1.48. The molecule has 0 unspecified atom stereocenters. The Labute approximate surface area is 130 Å². The van der Waals surface area contributed by atoms with Gasteiger partial charge in [0, 0.05) is 31.9 Å². The van der Waals surface area contributed by atoms with Gasteiger partial charge in [0.15, 0.2) is 5.65 Å². The number of hydrogen-bond acceptors (Lipinski definition) is 4. The van der Waals surface area contributed by atoms with E-state index in [0.717, 1.165) is 36.1 Å². The molecule has 118 valence electrons. The fourth-order valence-corrected chi connectivity index (χ4v) is 3.43. The van der Waals surface area contributed by atoms with E-state index in [9.17, 15) is 4.79 Å². The lowest BCUT2D eigenvalue weighted by Gasteiger charge is -2.39. The minimum Gasteiger partial charge on any atom is -0.334 e. The molecule has 1 amide bonds. The summed E-state index contributed by atoms with van der Waals surface area (Å²) in [7, 11) is 1.84. The minimum atomic E-state index is 0.0468. The quantitative estimate of drug-likeness (QED) is 0.911. The van der Waals surface area contributed by atoms with Gasteiger partial charge in [-0.2, -0.15) is 5.10 Å². The molecule has 1 aliphatic heterocycles. The monoisotopic (exact) mass is 301 g/mol. The number of carbonyl (C=O) groups excluding carboxylic acids is 1. The molecular weight excluding hydrogens is 278 g/mol. The number of carbonyl (C=O) groups is 1. The van der Waals surface area contributed by atoms with Crippen molar-refractivity contribution >= 4 is 16.9 Å². The van der Waals surface area contributed by atoms with E-state index in [1.165, 1.54) is 0 Å². The third-order valence-corrected chi connectivity index (χ3v) is 4.68. The minimum absolute atomic E-state index is 0.0468. The highest BCUT2D eigenvalue weighted by molar-refractivity contribution is 6.05. The van der Waals surface area contributed by atoms with E-state index in [1.54, 1.807) is 10.9 Å². The molecule has 0 aliphatic carbocycles. The number of aromatic nitrogens is 3. The van der Waals surface area contributed by atoms with Crippen LogP contribution in [0.15, 0.2) is 12.3 Å². The number of fused-ring (bicyclic) bond motifs is 1. The van der Waals surface area contributed by atoms with Crippen LogP contribution in [0.3, 0.4) is 0 Å². The van der Waals surface area contributed by atoms with Gasteiger partial charge in [-0.05, 0) is 31.7 Å². The molecule has 3 heterocycles. The summed E-state index contributed by atoms with van der Waals surface area (Å²) in [4.78, 5) is 19.5. The van der Waals surface area contributed by atoms with Gasteiger partial charge >= 0.3 is 0 Å². The summed E-state index contributed by atoms with van der Waals surface area (Å²) in [5.41, 5.74) is 8.18. The van der Waals surface area contributed by atoms with Gasteiger partial charge < -0.3 is 10.6 Å². The second-order valence-corrected chi connectivity index (χ2v) is 6.24. The number of amides is 1. The molecule has 2 aromatic rings. The van der Waals surface area contributed by atoms with Crippen molar-refractivity contribution in [1.82, 2.24) is 19.7 Å². The molecular formula is C16H23N5O. The summed E-state index contributed by atoms with van der Waals surface area (Å²) in [6.45, 7) is 5.36. The number of nitrogens with zero attached hydrogens (tertiary/aromatic N) is 4. The Morgan fingerprint density at radius 3 is 3.00 bits per heavy atom. The van der Waals surface area contributed by atoms with Crippen LogP contribution in [0.5, 0.6) is 0 Å². The van der Waals surface area contributed by atoms with Crippen LogP contribution in [0.4, 0.5) is 0 Å². The van der Waals surface area contributed by atoms with E-state index in [0.29, 0.717) is 18.0 Å². The van der Waals surface area contributed by atoms with E-state index >= 15 is 0 Å². The summed E-state index contributed by atoms with van der Waals surface area (Å²) < 4.78 is 1.71. The van der Waals surface area contributed by atoms with E-state index in [4.69, 9.17) is 5.73 Å². The summed E-state index contributed by atoms with van der Waals surface area (Å²) in [6.07, 6.45) is 3.88. The molecule has 0 spiro atoms. The number of aryl methyl sites for hydroxylation is 2. The number of pyridine rings is 1. The van der Waals surface area contributed by atoms with Crippen LogP contribution in [0.1, 0.15) is 35.8 Å². The first-order chi connectivity index (χ1) is 10.5. The molecule has 2 aromatic heterocycles. The maximum atomic E-state index is 13.1. The molecule has 0 bridgehead atoms. The van der Waals surface area contributed by atoms with E-state index in [-0.39, 0.29) is 11.9 Å². The lowest BCUT2D eigenvalue weighted by Crippen LogP contribution is -2.51. The van der Waals surface area contributed by atoms with Crippen LogP contribution < -0.4 is 5.73 Å². The van der Waals surface area contributed by atoms with Gasteiger partial charge in [0.25, 0.3) is 5.91 Å². The van der Waals surface area contributed by atoms with Crippen LogP contribution in [0.2, 0.25) is 0 Å². The van der Waals surface area contributed by atoms with Crippen LogP contribution in [-0.4, -0.2) is 44.7 Å². The molecule has 6 nitrogen and oxygen atoms in total. The largest absolute Gasteiger partial charge is 0.334 e. The van der Waals surface area contributed by atoms with E-state index < -0.39 is 0 Å². The zero-order valence-corrected chi connectivity index (χ0v) is 13.4. The van der Waals surface area contributed by atoms with Gasteiger partial charge in [0.1, 0.15) is 0 Å². The number of likely N-dealkylation sites (tertiary alicyclic amines) is 1. The first-order valence-corrected chi connectivity index (χ1v) is 7.83. The van der Waals surface area contributed by atoms with Crippen LogP contribution >= 0.6 is 0 Å². The van der Waals surface area contributed by atoms with Crippen molar-refractivity contribution in [3.8, 4) is 0 Å². The SMILES string of the molecule is Cc1cc(C(=O)N2CCC[C@H](C)[C@@H]2CN)c2cnn(C)c2n1. The summed E-state index contributed by atoms with van der Waals surface area (Å²) >= 11 is 0. The maximum absolute atomic E-state index is 13.1. The van der Waals surface area contributed by atoms with Crippen LogP contribution in [-0.2, 0) is 7.05 Å². The summed E-state index contributed by atoms with van der Waals surface area (Å²) in [5.74, 6) is 0.487. The van der Waals surface area contributed by atoms with Crippen LogP contribution in [0.25, 0.3) is 11.0 Å². The van der Waals surface area contributed by atoms with Crippen molar-refractivity contribution in [3.05, 3.63) is 23.5 Å². The lowest BCUT2D eigenvalue weighted by atomic mass is 9.90. The standard InChI is InChI=1S/C16H23N5O/c1-10-5-4-6-21(14(10)8-17)16(22)12-7-11(2)19-15-13(12)9-18-20(15)3/h7,9-10,14H,4-6,8,17H2,1-3H3/t10-,14-/m0/s1. The van der Waals surface area contributed by atoms with Crippen LogP contribution in [0, 0.1) is 12.8 Å². The Morgan fingerprint density at radius 2 is 2.27 bits per heavy atom. The lowest BCUT2D eigenvalue weighted by molar-refractivity contribution is 0.0534. The van der Waals surface area contributed by atoms with Gasteiger partial charge in [-0.1, -0.05) is 6.92 Å². The first-order valence-electron chi connectivity index (χ1n) is 7.83. The highest BCUT2D eigenvalue weighted by Crippen LogP contribution is 2.26. The van der Waals surface area contributed by atoms with Crippen molar-refractivity contribution in [2.24, 2.45) is 18.7 Å². The number of hydrogen-bond donors (Lipinski definition) is 1. The predicted molar refractivity (Wildman–Crippen MR) is 85.5 cm³/mol. The normalized spacial score (nSPS) is 22.3. The third kappa shape index (κ3) is 2.37. The van der Waals surface area contributed by atoms with Gasteiger partial charge in [-0.3, -0.25) is 9.48 Å². The molecule has 22 heavy (non-hydrogen) atoms. The molecule has 1 fully saturated rings. The van der Waals surface area contributed by atoms with Gasteiger partial charge in [0.05, 0.1) is 17.1 Å². The van der Waals surface area contributed by atoms with E-state index in [2.05, 4.69) is 17.0 Å². The molecule has 1 aliphatic rings. The zero-order valence-electron chi connectivity index (χ0n) is 13.4. The molecule has 1 saturated heterocycles. The molecule has 0 saturated carbocycles. The Kier molecular flexibility index (Phi) is 3.87. The van der Waals surface area contributed by atoms with Gasteiger partial charge in [-0.25, -0.2) is 4.98 Å². The second-order valence-electron chi connectivity index (χ2n) is 6.24. The fraction of sp³-hybridized carbons (Fsp3) is 0.562. The molecule has 3 rings (SSSR count). The molecule has 2 atom stereocenters. The molecule has 0 radical (unpaired) electrons. The van der Waals surface area contributed by atoms with Crippen molar-refractivity contribution in [3.63, 3.8) is 0 Å². The highest BCUT2D eigenvalue weighted by atomic mass is 16.2. The van der Waals surface area contributed by atoms with Gasteiger partial charge in [-0.15, -0.1) is 0 Å². The Hall–Kier alpha value is -1.95. The van der Waals surface area contributed by atoms with E-state index in [1.807, 2.05) is 24.9 Å². The van der Waals surface area contributed by atoms with Crippen molar-refractivity contribution in [1.29, 1.82) is 0 Å². The number of rotatable bonds is 2. The average Bonchev–Trinajstić information content (AvgIpc) is 2.87. The number of nitrogens with two attached hydrogens (primary N) is 1. The zero-order chi connectivity index (χ0) is 15.9. The smallest absolute Gasteiger partial charge is 0.255 e. The highest BCUT2D eigenvalue weighted by Gasteiger charge is 2.32. The maximum Gasteiger partial charge on any atom is 0.255 e. The number of piperidine rings is 1. The van der Waals surface area contributed by atoms with Gasteiger partial charge in [0.2, 0.25) is 0 Å². The second kappa shape index (κ2) is 5.68. The molecule has 6 heteroatoms. The van der Waals surface area contributed by atoms with Crippen molar-refractivity contribution < 1.29 is 4.79 Å². The Balaban J connectivity index is 2.05. The topological polar surface area (TPSA) is 77.0 Å². The first kappa shape index (κ1) is 15.0. The Bertz CT molecular complexity index is 708. The Morgan fingerprint density at radius 1 is 1.50 bits per heavy atom. The van der Waals surface area contributed by atoms with Crippen molar-refractivity contribution in [2.45, 2.75) is 32.7 Å². The molecule has 0 aromatic carbocycles. The molecule has 2 N–H and O–H groups in total.